The van der Waals surface area contributed by atoms with Crippen molar-refractivity contribution in [2.24, 2.45) is 0 Å². The summed E-state index contributed by atoms with van der Waals surface area (Å²) in [5.74, 6) is 0.221. The smallest absolute Gasteiger partial charge is 0.224 e. The molecule has 0 saturated carbocycles. The lowest BCUT2D eigenvalue weighted by atomic mass is 9.98. The Balaban J connectivity index is 1.77. The minimum absolute atomic E-state index is 0.221. The van der Waals surface area contributed by atoms with Gasteiger partial charge >= 0.3 is 0 Å². The molecule has 2 saturated heterocycles. The highest BCUT2D eigenvalue weighted by molar-refractivity contribution is 5.76. The van der Waals surface area contributed by atoms with Crippen LogP contribution in [0.25, 0.3) is 0 Å². The number of nitrogens with zero attached hydrogens (tertiary/aromatic N) is 2. The molecule has 2 atom stereocenters. The molecule has 110 valence electrons. The maximum absolute atomic E-state index is 12.1. The Hall–Kier alpha value is -0.650. The first-order valence-electron chi connectivity index (χ1n) is 7.46. The molecule has 0 aromatic carbocycles. The van der Waals surface area contributed by atoms with E-state index < -0.39 is 0 Å². The quantitative estimate of drug-likeness (QED) is 0.807. The highest BCUT2D eigenvalue weighted by Gasteiger charge is 2.27. The molecule has 2 aliphatic rings. The number of ether oxygens (including phenoxy) is 1. The summed E-state index contributed by atoms with van der Waals surface area (Å²) in [6.45, 7) is 6.39. The Labute approximate surface area is 115 Å². The molecule has 2 aliphatic heterocycles. The lowest BCUT2D eigenvalue weighted by molar-refractivity contribution is -0.136. The molecule has 2 rings (SSSR count). The molecule has 0 aromatic rings. The molecule has 2 unspecified atom stereocenters. The zero-order chi connectivity index (χ0) is 13.7. The van der Waals surface area contributed by atoms with Gasteiger partial charge in [-0.15, -0.1) is 0 Å². The van der Waals surface area contributed by atoms with E-state index in [0.29, 0.717) is 19.6 Å². The number of amides is 1. The van der Waals surface area contributed by atoms with Crippen LogP contribution < -0.4 is 0 Å². The summed E-state index contributed by atoms with van der Waals surface area (Å²) >= 11 is 0. The summed E-state index contributed by atoms with van der Waals surface area (Å²) in [7, 11) is 0. The zero-order valence-electron chi connectivity index (χ0n) is 11.9. The van der Waals surface area contributed by atoms with Gasteiger partial charge in [0.1, 0.15) is 0 Å². The highest BCUT2D eigenvalue weighted by atomic mass is 16.5. The van der Waals surface area contributed by atoms with Gasteiger partial charge in [0.2, 0.25) is 5.91 Å². The molecule has 0 radical (unpaired) electrons. The molecule has 1 N–H and O–H groups in total. The van der Waals surface area contributed by atoms with E-state index in [2.05, 4.69) is 4.90 Å². The standard InChI is InChI=1S/C14H26N2O3/c1-12(17)13-4-2-3-6-15(13)7-5-14(18)16-8-10-19-11-9-16/h12-13,17H,2-11H2,1H3. The monoisotopic (exact) mass is 270 g/mol. The van der Waals surface area contributed by atoms with Crippen molar-refractivity contribution < 1.29 is 14.6 Å². The van der Waals surface area contributed by atoms with Gasteiger partial charge in [-0.2, -0.15) is 0 Å². The number of hydrogen-bond donors (Lipinski definition) is 1. The molecular weight excluding hydrogens is 244 g/mol. The second-order valence-electron chi connectivity index (χ2n) is 5.58. The molecule has 0 spiro atoms. The maximum Gasteiger partial charge on any atom is 0.224 e. The van der Waals surface area contributed by atoms with E-state index in [1.54, 1.807) is 0 Å². The number of piperidine rings is 1. The van der Waals surface area contributed by atoms with E-state index >= 15 is 0 Å². The number of aliphatic hydroxyl groups excluding tert-OH is 1. The number of aliphatic hydroxyl groups is 1. The van der Waals surface area contributed by atoms with Crippen LogP contribution in [0.15, 0.2) is 0 Å². The fourth-order valence-corrected chi connectivity index (χ4v) is 3.05. The lowest BCUT2D eigenvalue weighted by Crippen LogP contribution is -2.48. The fraction of sp³-hybridized carbons (Fsp3) is 0.929. The van der Waals surface area contributed by atoms with Crippen LogP contribution in [0.1, 0.15) is 32.6 Å². The number of carbonyl (C=O) groups is 1. The van der Waals surface area contributed by atoms with E-state index in [4.69, 9.17) is 4.74 Å². The topological polar surface area (TPSA) is 53.0 Å². The zero-order valence-corrected chi connectivity index (χ0v) is 11.9. The van der Waals surface area contributed by atoms with Crippen molar-refractivity contribution in [2.45, 2.75) is 44.8 Å². The predicted molar refractivity (Wildman–Crippen MR) is 72.9 cm³/mol. The van der Waals surface area contributed by atoms with E-state index in [1.807, 2.05) is 11.8 Å². The molecule has 0 bridgehead atoms. The largest absolute Gasteiger partial charge is 0.392 e. The molecular formula is C14H26N2O3. The number of carbonyl (C=O) groups excluding carboxylic acids is 1. The molecule has 2 fully saturated rings. The third-order valence-corrected chi connectivity index (χ3v) is 4.20. The van der Waals surface area contributed by atoms with E-state index in [-0.39, 0.29) is 18.1 Å². The van der Waals surface area contributed by atoms with Gasteiger partial charge in [-0.05, 0) is 26.3 Å². The summed E-state index contributed by atoms with van der Waals surface area (Å²) in [6.07, 6.45) is 3.66. The first-order valence-corrected chi connectivity index (χ1v) is 7.46. The van der Waals surface area contributed by atoms with Crippen LogP contribution in [-0.4, -0.2) is 72.4 Å². The molecule has 0 aromatic heterocycles. The van der Waals surface area contributed by atoms with Crippen LogP contribution >= 0.6 is 0 Å². The molecule has 1 amide bonds. The summed E-state index contributed by atoms with van der Waals surface area (Å²) in [6, 6.07) is 0.228. The van der Waals surface area contributed by atoms with Crippen LogP contribution in [0.4, 0.5) is 0 Å². The van der Waals surface area contributed by atoms with Crippen molar-refractivity contribution in [1.29, 1.82) is 0 Å². The van der Waals surface area contributed by atoms with Gasteiger partial charge < -0.3 is 14.7 Å². The predicted octanol–water partition coefficient (Wildman–Crippen LogP) is 0.471. The van der Waals surface area contributed by atoms with Crippen molar-refractivity contribution in [2.75, 3.05) is 39.4 Å². The van der Waals surface area contributed by atoms with Gasteiger partial charge in [0.25, 0.3) is 0 Å². The Morgan fingerprint density at radius 3 is 2.74 bits per heavy atom. The summed E-state index contributed by atoms with van der Waals surface area (Å²) in [4.78, 5) is 16.3. The number of likely N-dealkylation sites (tertiary alicyclic amines) is 1. The van der Waals surface area contributed by atoms with Gasteiger partial charge in [0.05, 0.1) is 19.3 Å². The molecule has 19 heavy (non-hydrogen) atoms. The Kier molecular flexibility index (Phi) is 5.60. The maximum atomic E-state index is 12.1. The van der Waals surface area contributed by atoms with E-state index in [9.17, 15) is 9.90 Å². The molecule has 5 nitrogen and oxygen atoms in total. The van der Waals surface area contributed by atoms with Crippen LogP contribution in [0, 0.1) is 0 Å². The summed E-state index contributed by atoms with van der Waals surface area (Å²) in [5, 5.41) is 9.81. The first kappa shape index (κ1) is 14.8. The number of hydrogen-bond acceptors (Lipinski definition) is 4. The van der Waals surface area contributed by atoms with Crippen LogP contribution in [0.2, 0.25) is 0 Å². The fourth-order valence-electron chi connectivity index (χ4n) is 3.05. The summed E-state index contributed by atoms with van der Waals surface area (Å²) in [5.41, 5.74) is 0. The second-order valence-corrected chi connectivity index (χ2v) is 5.58. The van der Waals surface area contributed by atoms with Crippen molar-refractivity contribution in [1.82, 2.24) is 9.80 Å². The first-order chi connectivity index (χ1) is 9.18. The van der Waals surface area contributed by atoms with Gasteiger partial charge in [0, 0.05) is 32.1 Å². The Bertz CT molecular complexity index is 290. The Morgan fingerprint density at radius 1 is 1.32 bits per heavy atom. The van der Waals surface area contributed by atoms with Gasteiger partial charge in [-0.3, -0.25) is 9.69 Å². The molecule has 0 aliphatic carbocycles. The normalized spacial score (nSPS) is 27.3. The van der Waals surface area contributed by atoms with E-state index in [1.165, 1.54) is 12.8 Å². The lowest BCUT2D eigenvalue weighted by Gasteiger charge is -2.37. The Morgan fingerprint density at radius 2 is 2.05 bits per heavy atom. The van der Waals surface area contributed by atoms with Crippen LogP contribution in [0.3, 0.4) is 0 Å². The minimum Gasteiger partial charge on any atom is -0.392 e. The minimum atomic E-state index is -0.307. The number of morpholine rings is 1. The highest BCUT2D eigenvalue weighted by Crippen LogP contribution is 2.20. The van der Waals surface area contributed by atoms with Crippen molar-refractivity contribution in [3.8, 4) is 0 Å². The number of rotatable bonds is 4. The second kappa shape index (κ2) is 7.22. The average Bonchev–Trinajstić information content (AvgIpc) is 2.46. The van der Waals surface area contributed by atoms with Crippen molar-refractivity contribution in [3.05, 3.63) is 0 Å². The SMILES string of the molecule is CC(O)C1CCCCN1CCC(=O)N1CCOCC1. The van der Waals surface area contributed by atoms with E-state index in [0.717, 1.165) is 32.6 Å². The summed E-state index contributed by atoms with van der Waals surface area (Å²) < 4.78 is 5.26. The molecule has 2 heterocycles. The van der Waals surface area contributed by atoms with Crippen LogP contribution in [0.5, 0.6) is 0 Å². The van der Waals surface area contributed by atoms with Gasteiger partial charge in [-0.25, -0.2) is 0 Å². The van der Waals surface area contributed by atoms with Crippen LogP contribution in [-0.2, 0) is 9.53 Å². The third kappa shape index (κ3) is 4.16. The van der Waals surface area contributed by atoms with Crippen molar-refractivity contribution in [3.63, 3.8) is 0 Å². The third-order valence-electron chi connectivity index (χ3n) is 4.20. The van der Waals surface area contributed by atoms with Gasteiger partial charge in [0.15, 0.2) is 0 Å². The molecule has 5 heteroatoms. The van der Waals surface area contributed by atoms with Gasteiger partial charge in [-0.1, -0.05) is 6.42 Å². The van der Waals surface area contributed by atoms with Crippen molar-refractivity contribution >= 4 is 5.91 Å². The average molecular weight is 270 g/mol.